The average Bonchev–Trinajstić information content (AvgIpc) is 2.50. The second kappa shape index (κ2) is 4.84. The van der Waals surface area contributed by atoms with Crippen molar-refractivity contribution in [2.45, 2.75) is 63.7 Å². The van der Waals surface area contributed by atoms with Gasteiger partial charge in [-0.1, -0.05) is 20.8 Å². The number of carbonyl (C=O) groups excluding carboxylic acids is 2. The van der Waals surface area contributed by atoms with E-state index in [0.29, 0.717) is 13.2 Å². The van der Waals surface area contributed by atoms with Crippen LogP contribution in [0.5, 0.6) is 0 Å². The number of imide groups is 1. The van der Waals surface area contributed by atoms with E-state index in [1.165, 1.54) is 4.90 Å². The smallest absolute Gasteiger partial charge is 0.325 e. The van der Waals surface area contributed by atoms with Gasteiger partial charge in [0.2, 0.25) is 0 Å². The Morgan fingerprint density at radius 2 is 1.90 bits per heavy atom. The Labute approximate surface area is 122 Å². The van der Waals surface area contributed by atoms with E-state index in [2.05, 4.69) is 39.2 Å². The molecule has 2 aliphatic rings. The number of carbonyl (C=O) groups is 2. The first kappa shape index (κ1) is 15.5. The van der Waals surface area contributed by atoms with Crippen molar-refractivity contribution in [3.63, 3.8) is 0 Å². The van der Waals surface area contributed by atoms with Crippen molar-refractivity contribution in [2.24, 2.45) is 0 Å². The third kappa shape index (κ3) is 2.51. The molecule has 1 aliphatic heterocycles. The third-order valence-corrected chi connectivity index (χ3v) is 9.58. The summed E-state index contributed by atoms with van der Waals surface area (Å²) in [6, 6.07) is -0.256. The number of hydrogen-bond acceptors (Lipinski definition) is 3. The van der Waals surface area contributed by atoms with Crippen LogP contribution in [0.2, 0.25) is 18.1 Å². The number of urea groups is 1. The summed E-state index contributed by atoms with van der Waals surface area (Å²) in [5.74, 6) is -0.0624. The standard InChI is InChI=1S/C14H26N2O3Si/c1-13(2,3)20(4,5)19-10-9-16-11(17)14(7-6-8-14)15-12(16)18/h6-10H2,1-5H3,(H,15,18). The van der Waals surface area contributed by atoms with Gasteiger partial charge in [-0.3, -0.25) is 9.69 Å². The van der Waals surface area contributed by atoms with Crippen LogP contribution in [-0.2, 0) is 9.22 Å². The highest BCUT2D eigenvalue weighted by Gasteiger charge is 2.54. The Hall–Kier alpha value is -0.883. The monoisotopic (exact) mass is 298 g/mol. The number of rotatable bonds is 4. The van der Waals surface area contributed by atoms with Crippen molar-refractivity contribution < 1.29 is 14.0 Å². The van der Waals surface area contributed by atoms with E-state index in [9.17, 15) is 9.59 Å². The minimum Gasteiger partial charge on any atom is -0.415 e. The number of nitrogens with zero attached hydrogens (tertiary/aromatic N) is 1. The van der Waals surface area contributed by atoms with Crippen LogP contribution in [0.4, 0.5) is 4.79 Å². The fraction of sp³-hybridized carbons (Fsp3) is 0.857. The topological polar surface area (TPSA) is 58.6 Å². The van der Waals surface area contributed by atoms with E-state index in [1.54, 1.807) is 0 Å². The van der Waals surface area contributed by atoms with E-state index >= 15 is 0 Å². The summed E-state index contributed by atoms with van der Waals surface area (Å²) in [6.45, 7) is 11.7. The summed E-state index contributed by atoms with van der Waals surface area (Å²) in [7, 11) is -1.82. The zero-order valence-corrected chi connectivity index (χ0v) is 14.2. The maximum absolute atomic E-state index is 12.3. The molecule has 3 amide bonds. The fourth-order valence-electron chi connectivity index (χ4n) is 2.36. The molecule has 114 valence electrons. The molecule has 2 rings (SSSR count). The molecule has 1 saturated heterocycles. The zero-order chi connectivity index (χ0) is 15.2. The minimum atomic E-state index is -1.82. The second-order valence-electron chi connectivity index (χ2n) is 7.43. The first-order chi connectivity index (χ1) is 9.09. The Bertz CT molecular complexity index is 425. The lowest BCUT2D eigenvalue weighted by Crippen LogP contribution is -2.52. The van der Waals surface area contributed by atoms with Gasteiger partial charge in [-0.05, 0) is 37.4 Å². The van der Waals surface area contributed by atoms with E-state index in [-0.39, 0.29) is 17.0 Å². The van der Waals surface area contributed by atoms with Gasteiger partial charge in [-0.25, -0.2) is 4.79 Å². The van der Waals surface area contributed by atoms with E-state index in [0.717, 1.165) is 19.3 Å². The molecule has 1 saturated carbocycles. The largest absolute Gasteiger partial charge is 0.415 e. The van der Waals surface area contributed by atoms with Crippen LogP contribution in [0.25, 0.3) is 0 Å². The quantitative estimate of drug-likeness (QED) is 0.641. The van der Waals surface area contributed by atoms with Crippen molar-refractivity contribution in [2.75, 3.05) is 13.2 Å². The molecule has 0 unspecified atom stereocenters. The lowest BCUT2D eigenvalue weighted by atomic mass is 9.77. The summed E-state index contributed by atoms with van der Waals surface area (Å²) < 4.78 is 6.04. The van der Waals surface area contributed by atoms with Crippen LogP contribution < -0.4 is 5.32 Å². The van der Waals surface area contributed by atoms with Crippen molar-refractivity contribution in [1.29, 1.82) is 0 Å². The molecule has 0 aromatic rings. The van der Waals surface area contributed by atoms with E-state index in [4.69, 9.17) is 4.43 Å². The molecule has 1 N–H and O–H groups in total. The molecule has 1 aliphatic carbocycles. The van der Waals surface area contributed by atoms with Gasteiger partial charge >= 0.3 is 6.03 Å². The molecular formula is C14H26N2O3Si. The molecule has 1 heterocycles. The maximum atomic E-state index is 12.3. The first-order valence-electron chi connectivity index (χ1n) is 7.37. The van der Waals surface area contributed by atoms with Crippen LogP contribution in [0, 0.1) is 0 Å². The highest BCUT2D eigenvalue weighted by atomic mass is 28.4. The summed E-state index contributed by atoms with van der Waals surface area (Å²) in [5, 5.41) is 2.98. The molecule has 1 spiro atoms. The molecule has 0 aromatic heterocycles. The summed E-state index contributed by atoms with van der Waals surface area (Å²) in [6.07, 6.45) is 2.56. The molecular weight excluding hydrogens is 272 g/mol. The summed E-state index contributed by atoms with van der Waals surface area (Å²) in [4.78, 5) is 25.5. The van der Waals surface area contributed by atoms with Gasteiger partial charge in [0, 0.05) is 0 Å². The lowest BCUT2D eigenvalue weighted by molar-refractivity contribution is -0.134. The molecule has 0 radical (unpaired) electrons. The summed E-state index contributed by atoms with van der Waals surface area (Å²) >= 11 is 0. The predicted octanol–water partition coefficient (Wildman–Crippen LogP) is 2.48. The first-order valence-corrected chi connectivity index (χ1v) is 10.3. The lowest BCUT2D eigenvalue weighted by Gasteiger charge is -2.37. The SMILES string of the molecule is CC(C)(C)[Si](C)(C)OCCN1C(=O)NC2(CCC2)C1=O. The fourth-order valence-corrected chi connectivity index (χ4v) is 3.39. The van der Waals surface area contributed by atoms with Crippen molar-refractivity contribution in [3.05, 3.63) is 0 Å². The van der Waals surface area contributed by atoms with Crippen LogP contribution in [0.3, 0.4) is 0 Å². The Morgan fingerprint density at radius 3 is 2.30 bits per heavy atom. The third-order valence-electron chi connectivity index (χ3n) is 5.04. The van der Waals surface area contributed by atoms with Crippen LogP contribution in [0.1, 0.15) is 40.0 Å². The van der Waals surface area contributed by atoms with Crippen LogP contribution in [-0.4, -0.2) is 43.8 Å². The highest BCUT2D eigenvalue weighted by molar-refractivity contribution is 6.74. The summed E-state index contributed by atoms with van der Waals surface area (Å²) in [5.41, 5.74) is -0.575. The van der Waals surface area contributed by atoms with Gasteiger partial charge < -0.3 is 9.74 Å². The molecule has 5 nitrogen and oxygen atoms in total. The van der Waals surface area contributed by atoms with E-state index in [1.807, 2.05) is 0 Å². The van der Waals surface area contributed by atoms with Crippen molar-refractivity contribution >= 4 is 20.3 Å². The van der Waals surface area contributed by atoms with Crippen LogP contribution in [0.15, 0.2) is 0 Å². The van der Waals surface area contributed by atoms with Gasteiger partial charge in [0.1, 0.15) is 5.54 Å². The predicted molar refractivity (Wildman–Crippen MR) is 80.0 cm³/mol. The average molecular weight is 298 g/mol. The van der Waals surface area contributed by atoms with Gasteiger partial charge in [0.25, 0.3) is 5.91 Å². The molecule has 0 bridgehead atoms. The van der Waals surface area contributed by atoms with Gasteiger partial charge in [-0.15, -0.1) is 0 Å². The Morgan fingerprint density at radius 1 is 1.30 bits per heavy atom. The minimum absolute atomic E-state index is 0.0624. The van der Waals surface area contributed by atoms with Crippen molar-refractivity contribution in [3.8, 4) is 0 Å². The van der Waals surface area contributed by atoms with Crippen LogP contribution >= 0.6 is 0 Å². The second-order valence-corrected chi connectivity index (χ2v) is 12.2. The van der Waals surface area contributed by atoms with Gasteiger partial charge in [-0.2, -0.15) is 0 Å². The number of hydrogen-bond donors (Lipinski definition) is 1. The molecule has 6 heteroatoms. The van der Waals surface area contributed by atoms with Crippen molar-refractivity contribution in [1.82, 2.24) is 10.2 Å². The highest BCUT2D eigenvalue weighted by Crippen LogP contribution is 2.38. The Kier molecular flexibility index (Phi) is 3.75. The normalized spacial score (nSPS) is 22.1. The van der Waals surface area contributed by atoms with Gasteiger partial charge in [0.05, 0.1) is 13.2 Å². The molecule has 0 aromatic carbocycles. The van der Waals surface area contributed by atoms with E-state index < -0.39 is 13.9 Å². The van der Waals surface area contributed by atoms with Gasteiger partial charge in [0.15, 0.2) is 8.32 Å². The Balaban J connectivity index is 1.89. The zero-order valence-electron chi connectivity index (χ0n) is 13.2. The molecule has 20 heavy (non-hydrogen) atoms. The molecule has 0 atom stereocenters. The molecule has 2 fully saturated rings. The number of nitrogens with one attached hydrogen (secondary N) is 1. The number of amides is 3. The maximum Gasteiger partial charge on any atom is 0.325 e.